The Bertz CT molecular complexity index is 1600. The molecule has 0 bridgehead atoms. The van der Waals surface area contributed by atoms with Gasteiger partial charge in [0.25, 0.3) is 0 Å². The molecule has 0 saturated heterocycles. The molecule has 5 aromatic rings. The van der Waals surface area contributed by atoms with E-state index in [2.05, 4.69) is 102 Å². The molecule has 1 aliphatic heterocycles. The van der Waals surface area contributed by atoms with E-state index in [1.807, 2.05) is 12.1 Å². The topological polar surface area (TPSA) is 4.93 Å². The highest BCUT2D eigenvalue weighted by Gasteiger charge is 2.46. The van der Waals surface area contributed by atoms with Crippen molar-refractivity contribution in [2.75, 3.05) is 0 Å². The van der Waals surface area contributed by atoms with Crippen molar-refractivity contribution in [3.05, 3.63) is 137 Å². The highest BCUT2D eigenvalue weighted by atomic mass is 35.5. The van der Waals surface area contributed by atoms with Crippen LogP contribution in [0.25, 0.3) is 27.5 Å². The second kappa shape index (κ2) is 6.97. The number of nitrogens with zero attached hydrogens (tertiary/aromatic N) is 1. The van der Waals surface area contributed by atoms with Crippen molar-refractivity contribution in [2.45, 2.75) is 18.3 Å². The zero-order valence-corrected chi connectivity index (χ0v) is 18.9. The van der Waals surface area contributed by atoms with Gasteiger partial charge in [-0.15, -0.1) is 0 Å². The fourth-order valence-corrected chi connectivity index (χ4v) is 6.28. The number of halogens is 1. The van der Waals surface area contributed by atoms with Gasteiger partial charge in [0.05, 0.1) is 16.4 Å². The van der Waals surface area contributed by atoms with E-state index < -0.39 is 5.41 Å². The maximum atomic E-state index is 6.36. The molecule has 1 aliphatic carbocycles. The first kappa shape index (κ1) is 19.0. The van der Waals surface area contributed by atoms with E-state index in [0.29, 0.717) is 0 Å². The third-order valence-corrected chi connectivity index (χ3v) is 7.65. The molecule has 0 fully saturated rings. The molecule has 1 unspecified atom stereocenters. The zero-order chi connectivity index (χ0) is 22.0. The van der Waals surface area contributed by atoms with Crippen molar-refractivity contribution in [3.8, 4) is 0 Å². The molecule has 0 saturated carbocycles. The van der Waals surface area contributed by atoms with Gasteiger partial charge in [0, 0.05) is 21.5 Å². The van der Waals surface area contributed by atoms with Crippen LogP contribution in [-0.2, 0) is 5.41 Å². The fraction of sp³-hybridized carbons (Fsp3) is 0.0968. The number of hydrogen-bond donors (Lipinski definition) is 0. The molecule has 7 rings (SSSR count). The lowest BCUT2D eigenvalue weighted by atomic mass is 9.61. The summed E-state index contributed by atoms with van der Waals surface area (Å²) in [6.45, 7) is 0. The first-order valence-corrected chi connectivity index (χ1v) is 11.9. The van der Waals surface area contributed by atoms with Gasteiger partial charge in [0.15, 0.2) is 0 Å². The van der Waals surface area contributed by atoms with Crippen molar-refractivity contribution in [2.24, 2.45) is 0 Å². The van der Waals surface area contributed by atoms with Crippen LogP contribution in [0.15, 0.2) is 115 Å². The van der Waals surface area contributed by atoms with Crippen molar-refractivity contribution < 1.29 is 0 Å². The number of allylic oxidation sites excluding steroid dienone is 4. The zero-order valence-electron chi connectivity index (χ0n) is 18.1. The second-order valence-corrected chi connectivity index (χ2v) is 9.42. The predicted octanol–water partition coefficient (Wildman–Crippen LogP) is 8.36. The third kappa shape index (κ3) is 2.43. The summed E-state index contributed by atoms with van der Waals surface area (Å²) in [5, 5.41) is 3.40. The average Bonchev–Trinajstić information content (AvgIpc) is 3.22. The number of rotatable bonds is 2. The summed E-state index contributed by atoms with van der Waals surface area (Å²) in [5.41, 5.74) is 8.85. The van der Waals surface area contributed by atoms with Gasteiger partial charge in [0.2, 0.25) is 0 Å². The summed E-state index contributed by atoms with van der Waals surface area (Å²) in [6, 6.07) is 35.1. The first-order valence-electron chi connectivity index (χ1n) is 11.5. The molecule has 1 aromatic heterocycles. The molecule has 4 aromatic carbocycles. The fourth-order valence-electron chi connectivity index (χ4n) is 6.15. The van der Waals surface area contributed by atoms with E-state index in [0.717, 1.165) is 17.9 Å². The molecule has 158 valence electrons. The molecule has 1 nitrogen and oxygen atoms in total. The summed E-state index contributed by atoms with van der Waals surface area (Å²) in [7, 11) is 0. The average molecular weight is 444 g/mol. The van der Waals surface area contributed by atoms with Gasteiger partial charge in [-0.2, -0.15) is 0 Å². The summed E-state index contributed by atoms with van der Waals surface area (Å²) in [6.07, 6.45) is 6.79. The van der Waals surface area contributed by atoms with E-state index in [4.69, 9.17) is 11.6 Å². The molecule has 0 amide bonds. The molecular weight excluding hydrogens is 422 g/mol. The van der Waals surface area contributed by atoms with Gasteiger partial charge in [-0.05, 0) is 53.3 Å². The van der Waals surface area contributed by atoms with Crippen LogP contribution in [0.2, 0.25) is 5.02 Å². The van der Waals surface area contributed by atoms with Crippen LogP contribution in [0.1, 0.15) is 29.5 Å². The number of aromatic nitrogens is 1. The van der Waals surface area contributed by atoms with Gasteiger partial charge >= 0.3 is 0 Å². The van der Waals surface area contributed by atoms with Crippen LogP contribution < -0.4 is 0 Å². The van der Waals surface area contributed by atoms with Crippen molar-refractivity contribution in [1.82, 2.24) is 4.57 Å². The summed E-state index contributed by atoms with van der Waals surface area (Å²) >= 11 is 6.36. The Kier molecular flexibility index (Phi) is 4.01. The second-order valence-electron chi connectivity index (χ2n) is 8.98. The van der Waals surface area contributed by atoms with Crippen molar-refractivity contribution in [3.63, 3.8) is 0 Å². The van der Waals surface area contributed by atoms with Gasteiger partial charge in [-0.25, -0.2) is 0 Å². The number of fused-ring (bicyclic) bond motifs is 4. The molecule has 2 aliphatic rings. The predicted molar refractivity (Wildman–Crippen MR) is 139 cm³/mol. The van der Waals surface area contributed by atoms with E-state index in [9.17, 15) is 0 Å². The Morgan fingerprint density at radius 3 is 2.27 bits per heavy atom. The summed E-state index contributed by atoms with van der Waals surface area (Å²) in [5.74, 6) is 0. The highest BCUT2D eigenvalue weighted by Crippen LogP contribution is 2.55. The minimum absolute atomic E-state index is 0.401. The lowest BCUT2D eigenvalue weighted by molar-refractivity contribution is 0.716. The molecule has 2 heteroatoms. The van der Waals surface area contributed by atoms with Crippen LogP contribution in [0.5, 0.6) is 0 Å². The minimum atomic E-state index is -0.401. The van der Waals surface area contributed by atoms with Crippen LogP contribution >= 0.6 is 11.6 Å². The van der Waals surface area contributed by atoms with E-state index >= 15 is 0 Å². The van der Waals surface area contributed by atoms with E-state index in [1.165, 1.54) is 49.8 Å². The van der Waals surface area contributed by atoms with Crippen LogP contribution in [0.3, 0.4) is 0 Å². The molecule has 0 N–H and O–H groups in total. The van der Waals surface area contributed by atoms with Crippen LogP contribution in [0.4, 0.5) is 0 Å². The van der Waals surface area contributed by atoms with Crippen molar-refractivity contribution >= 4 is 39.1 Å². The Balaban J connectivity index is 1.75. The highest BCUT2D eigenvalue weighted by molar-refractivity contribution is 6.30. The standard InChI is InChI=1S/C31H22ClN/c32-23-19-17-22(18-20-23)31(21-9-2-1-3-10-21)26-13-5-7-16-29(26)33-28-15-6-4-11-24(28)25-12-8-14-27(31)30(25)33/h1-6,8-15,17-20H,7,16H2. The maximum absolute atomic E-state index is 6.36. The van der Waals surface area contributed by atoms with Crippen LogP contribution in [-0.4, -0.2) is 4.57 Å². The summed E-state index contributed by atoms with van der Waals surface area (Å²) in [4.78, 5) is 0. The van der Waals surface area contributed by atoms with E-state index in [1.54, 1.807) is 0 Å². The molecule has 33 heavy (non-hydrogen) atoms. The lowest BCUT2D eigenvalue weighted by Gasteiger charge is -2.43. The number of para-hydroxylation sites is 2. The smallest absolute Gasteiger partial charge is 0.0739 e. The lowest BCUT2D eigenvalue weighted by Crippen LogP contribution is -2.36. The molecule has 2 heterocycles. The number of hydrogen-bond acceptors (Lipinski definition) is 0. The van der Waals surface area contributed by atoms with Gasteiger partial charge in [0.1, 0.15) is 0 Å². The Hall–Kier alpha value is -3.55. The number of benzene rings is 4. The quantitative estimate of drug-likeness (QED) is 0.258. The maximum Gasteiger partial charge on any atom is 0.0739 e. The Morgan fingerprint density at radius 1 is 0.697 bits per heavy atom. The first-order chi connectivity index (χ1) is 16.3. The molecule has 0 spiro atoms. The largest absolute Gasteiger partial charge is 0.312 e. The van der Waals surface area contributed by atoms with Gasteiger partial charge in [-0.3, -0.25) is 0 Å². The SMILES string of the molecule is Clc1ccc(C2(c3ccccc3)C3=C(CCC=C3)n3c4ccccc4c4cccc2c43)cc1. The molecular formula is C31H22ClN. The van der Waals surface area contributed by atoms with E-state index in [-0.39, 0.29) is 0 Å². The van der Waals surface area contributed by atoms with Gasteiger partial charge in [-0.1, -0.05) is 103 Å². The minimum Gasteiger partial charge on any atom is -0.312 e. The molecule has 0 radical (unpaired) electrons. The van der Waals surface area contributed by atoms with Crippen molar-refractivity contribution in [1.29, 1.82) is 0 Å². The third-order valence-electron chi connectivity index (χ3n) is 7.40. The van der Waals surface area contributed by atoms with Crippen LogP contribution in [0, 0.1) is 0 Å². The Labute approximate surface area is 198 Å². The molecule has 1 atom stereocenters. The normalized spacial score (nSPS) is 19.3. The Morgan fingerprint density at radius 2 is 1.42 bits per heavy atom. The summed E-state index contributed by atoms with van der Waals surface area (Å²) < 4.78 is 2.54. The monoisotopic (exact) mass is 443 g/mol. The van der Waals surface area contributed by atoms with Gasteiger partial charge < -0.3 is 4.57 Å².